The van der Waals surface area contributed by atoms with E-state index >= 15 is 0 Å². The first-order valence-electron chi connectivity index (χ1n) is 4.08. The molecule has 0 aliphatic rings. The molecule has 0 atom stereocenters. The predicted octanol–water partition coefficient (Wildman–Crippen LogP) is 3.14. The molecule has 0 amide bonds. The number of rotatable bonds is 3. The zero-order valence-electron chi connectivity index (χ0n) is 7.78. The summed E-state index contributed by atoms with van der Waals surface area (Å²) in [5, 5.41) is 0. The van der Waals surface area contributed by atoms with Crippen LogP contribution in [0.25, 0.3) is 0 Å². The van der Waals surface area contributed by atoms with Crippen molar-refractivity contribution in [1.82, 2.24) is 0 Å². The zero-order valence-corrected chi connectivity index (χ0v) is 7.78. The van der Waals surface area contributed by atoms with Gasteiger partial charge in [-0.2, -0.15) is 13.2 Å². The van der Waals surface area contributed by atoms with Gasteiger partial charge < -0.3 is 5.73 Å². The monoisotopic (exact) mass is 193 g/mol. The maximum atomic E-state index is 11.9. The summed E-state index contributed by atoms with van der Waals surface area (Å²) in [6.45, 7) is 3.75. The number of hydrogen-bond donors (Lipinski definition) is 1. The van der Waals surface area contributed by atoms with Gasteiger partial charge in [-0.1, -0.05) is 25.0 Å². The first-order chi connectivity index (χ1) is 5.88. The highest BCUT2D eigenvalue weighted by Crippen LogP contribution is 2.21. The van der Waals surface area contributed by atoms with Crippen LogP contribution in [0.4, 0.5) is 13.2 Å². The number of hydrogen-bond acceptors (Lipinski definition) is 1. The van der Waals surface area contributed by atoms with E-state index in [0.717, 1.165) is 24.5 Å². The van der Waals surface area contributed by atoms with E-state index in [1.165, 1.54) is 6.08 Å². The van der Waals surface area contributed by atoms with Gasteiger partial charge in [-0.15, -0.1) is 0 Å². The quantitative estimate of drug-likeness (QED) is 0.684. The Morgan fingerprint density at radius 2 is 1.85 bits per heavy atom. The van der Waals surface area contributed by atoms with Crippen LogP contribution in [-0.4, -0.2) is 6.18 Å². The van der Waals surface area contributed by atoms with E-state index in [1.807, 2.05) is 6.92 Å². The van der Waals surface area contributed by atoms with E-state index in [4.69, 9.17) is 5.73 Å². The van der Waals surface area contributed by atoms with Crippen molar-refractivity contribution >= 4 is 0 Å². The predicted molar refractivity (Wildman–Crippen MR) is 47.0 cm³/mol. The van der Waals surface area contributed by atoms with Gasteiger partial charge in [0.2, 0.25) is 0 Å². The van der Waals surface area contributed by atoms with Crippen molar-refractivity contribution in [3.05, 3.63) is 23.4 Å². The van der Waals surface area contributed by atoms with Crippen molar-refractivity contribution in [2.24, 2.45) is 5.73 Å². The Morgan fingerprint density at radius 1 is 1.31 bits per heavy atom. The fourth-order valence-electron chi connectivity index (χ4n) is 0.804. The second-order valence-corrected chi connectivity index (χ2v) is 2.88. The summed E-state index contributed by atoms with van der Waals surface area (Å²) in [5.74, 6) is 0. The number of halogens is 3. The molecule has 0 saturated carbocycles. The van der Waals surface area contributed by atoms with Crippen LogP contribution in [0, 0.1) is 0 Å². The Bertz CT molecular complexity index is 213. The molecule has 0 aromatic heterocycles. The lowest BCUT2D eigenvalue weighted by Crippen LogP contribution is -2.18. The van der Waals surface area contributed by atoms with Crippen LogP contribution in [0.3, 0.4) is 0 Å². The van der Waals surface area contributed by atoms with Crippen LogP contribution >= 0.6 is 0 Å². The summed E-state index contributed by atoms with van der Waals surface area (Å²) in [7, 11) is 0. The Kier molecular flexibility index (Phi) is 4.59. The minimum atomic E-state index is -4.41. The first kappa shape index (κ1) is 12.1. The van der Waals surface area contributed by atoms with Crippen molar-refractivity contribution in [3.8, 4) is 0 Å². The zero-order chi connectivity index (χ0) is 10.5. The van der Waals surface area contributed by atoms with E-state index in [9.17, 15) is 13.2 Å². The Balaban J connectivity index is 4.33. The second-order valence-electron chi connectivity index (χ2n) is 2.88. The molecule has 4 heteroatoms. The molecule has 0 unspecified atom stereocenters. The fourth-order valence-corrected chi connectivity index (χ4v) is 0.804. The Morgan fingerprint density at radius 3 is 2.23 bits per heavy atom. The van der Waals surface area contributed by atoms with Gasteiger partial charge in [0.15, 0.2) is 0 Å². The smallest absolute Gasteiger partial charge is 0.395 e. The Hall–Kier alpha value is -0.930. The van der Waals surface area contributed by atoms with E-state index in [-0.39, 0.29) is 0 Å². The maximum absolute atomic E-state index is 11.9. The number of alkyl halides is 3. The van der Waals surface area contributed by atoms with Crippen LogP contribution in [-0.2, 0) is 0 Å². The lowest BCUT2D eigenvalue weighted by molar-refractivity contribution is -0.0926. The summed E-state index contributed by atoms with van der Waals surface area (Å²) in [6, 6.07) is 0. The molecule has 76 valence electrons. The van der Waals surface area contributed by atoms with Gasteiger partial charge in [-0.05, 0) is 19.4 Å². The lowest BCUT2D eigenvalue weighted by Gasteiger charge is -2.04. The summed E-state index contributed by atoms with van der Waals surface area (Å²) in [5.41, 5.74) is 4.63. The van der Waals surface area contributed by atoms with Crippen LogP contribution in [0.15, 0.2) is 23.4 Å². The van der Waals surface area contributed by atoms with Crippen molar-refractivity contribution in [2.75, 3.05) is 0 Å². The van der Waals surface area contributed by atoms with E-state index in [0.29, 0.717) is 0 Å². The molecule has 0 bridgehead atoms. The van der Waals surface area contributed by atoms with Gasteiger partial charge in [0.1, 0.15) is 5.70 Å². The minimum Gasteiger partial charge on any atom is -0.395 e. The summed E-state index contributed by atoms with van der Waals surface area (Å²) < 4.78 is 35.6. The highest BCUT2D eigenvalue weighted by atomic mass is 19.4. The van der Waals surface area contributed by atoms with E-state index < -0.39 is 11.9 Å². The third-order valence-electron chi connectivity index (χ3n) is 1.52. The topological polar surface area (TPSA) is 26.0 Å². The van der Waals surface area contributed by atoms with Crippen LogP contribution in [0.2, 0.25) is 0 Å². The number of allylic oxidation sites excluding steroid dienone is 4. The van der Waals surface area contributed by atoms with Crippen LogP contribution in [0.1, 0.15) is 26.7 Å². The standard InChI is InChI=1S/C9H14F3N/c1-3-4-7(2)5-6-8(13)9(10,11)12/h5-6H,3-4,13H2,1-2H3/b7-5-,8-6-. The van der Waals surface area contributed by atoms with Crippen molar-refractivity contribution in [1.29, 1.82) is 0 Å². The van der Waals surface area contributed by atoms with Gasteiger partial charge in [0.25, 0.3) is 0 Å². The molecule has 13 heavy (non-hydrogen) atoms. The molecule has 0 aromatic carbocycles. The van der Waals surface area contributed by atoms with Gasteiger partial charge in [0.05, 0.1) is 0 Å². The molecule has 2 N–H and O–H groups in total. The van der Waals surface area contributed by atoms with Gasteiger partial charge in [-0.25, -0.2) is 0 Å². The molecule has 0 spiro atoms. The molecular formula is C9H14F3N. The fraction of sp³-hybridized carbons (Fsp3) is 0.556. The third-order valence-corrected chi connectivity index (χ3v) is 1.52. The number of nitrogens with two attached hydrogens (primary N) is 1. The van der Waals surface area contributed by atoms with E-state index in [2.05, 4.69) is 0 Å². The highest BCUT2D eigenvalue weighted by Gasteiger charge is 2.30. The molecule has 0 heterocycles. The molecule has 0 radical (unpaired) electrons. The Labute approximate surface area is 76.1 Å². The summed E-state index contributed by atoms with van der Waals surface area (Å²) >= 11 is 0. The molecule has 0 aliphatic heterocycles. The largest absolute Gasteiger partial charge is 0.430 e. The van der Waals surface area contributed by atoms with Crippen molar-refractivity contribution < 1.29 is 13.2 Å². The second kappa shape index (κ2) is 4.94. The van der Waals surface area contributed by atoms with Crippen molar-refractivity contribution in [3.63, 3.8) is 0 Å². The van der Waals surface area contributed by atoms with Crippen LogP contribution < -0.4 is 5.73 Å². The SMILES string of the molecule is CCC/C(C)=C\C=C(/N)C(F)(F)F. The normalized spacial score (nSPS) is 14.8. The van der Waals surface area contributed by atoms with Gasteiger partial charge >= 0.3 is 6.18 Å². The van der Waals surface area contributed by atoms with Gasteiger partial charge in [0, 0.05) is 0 Å². The first-order valence-corrected chi connectivity index (χ1v) is 4.08. The minimum absolute atomic E-state index is 0.793. The molecule has 0 aromatic rings. The molecule has 0 saturated heterocycles. The van der Waals surface area contributed by atoms with E-state index in [1.54, 1.807) is 6.92 Å². The average Bonchev–Trinajstić information content (AvgIpc) is 1.99. The molecular weight excluding hydrogens is 179 g/mol. The lowest BCUT2D eigenvalue weighted by atomic mass is 10.1. The highest BCUT2D eigenvalue weighted by molar-refractivity contribution is 5.17. The summed E-state index contributed by atoms with van der Waals surface area (Å²) in [6.07, 6.45) is -0.385. The molecule has 0 rings (SSSR count). The average molecular weight is 193 g/mol. The van der Waals surface area contributed by atoms with Gasteiger partial charge in [-0.3, -0.25) is 0 Å². The molecule has 0 fully saturated rings. The summed E-state index contributed by atoms with van der Waals surface area (Å²) in [4.78, 5) is 0. The maximum Gasteiger partial charge on any atom is 0.430 e. The molecule has 0 aliphatic carbocycles. The van der Waals surface area contributed by atoms with Crippen molar-refractivity contribution in [2.45, 2.75) is 32.9 Å². The third kappa shape index (κ3) is 5.33. The molecule has 1 nitrogen and oxygen atoms in total. The van der Waals surface area contributed by atoms with Crippen LogP contribution in [0.5, 0.6) is 0 Å².